The van der Waals surface area contributed by atoms with Crippen molar-refractivity contribution in [3.05, 3.63) is 0 Å². The second-order valence-corrected chi connectivity index (χ2v) is 5.30. The van der Waals surface area contributed by atoms with Crippen molar-refractivity contribution in [1.82, 2.24) is 5.32 Å². The Morgan fingerprint density at radius 3 is 2.71 bits per heavy atom. The molecular formula is C13H27NO3. The second-order valence-electron chi connectivity index (χ2n) is 5.30. The van der Waals surface area contributed by atoms with Crippen LogP contribution in [-0.2, 0) is 9.47 Å². The second kappa shape index (κ2) is 8.03. The monoisotopic (exact) mass is 245 g/mol. The van der Waals surface area contributed by atoms with Gasteiger partial charge in [-0.15, -0.1) is 0 Å². The van der Waals surface area contributed by atoms with Gasteiger partial charge < -0.3 is 19.9 Å². The van der Waals surface area contributed by atoms with E-state index in [1.54, 1.807) is 7.11 Å². The van der Waals surface area contributed by atoms with Gasteiger partial charge in [-0.25, -0.2) is 0 Å². The van der Waals surface area contributed by atoms with Crippen LogP contribution >= 0.6 is 0 Å². The summed E-state index contributed by atoms with van der Waals surface area (Å²) in [6.07, 6.45) is 3.34. The summed E-state index contributed by atoms with van der Waals surface area (Å²) in [7, 11) is 1.76. The van der Waals surface area contributed by atoms with E-state index in [-0.39, 0.29) is 0 Å². The normalized spacial score (nSPS) is 26.6. The fourth-order valence-corrected chi connectivity index (χ4v) is 2.23. The molecule has 0 heterocycles. The average molecular weight is 245 g/mol. The van der Waals surface area contributed by atoms with Crippen LogP contribution in [0.25, 0.3) is 0 Å². The lowest BCUT2D eigenvalue weighted by Gasteiger charge is -2.21. The van der Waals surface area contributed by atoms with Gasteiger partial charge in [-0.2, -0.15) is 0 Å². The molecule has 3 atom stereocenters. The Labute approximate surface area is 105 Å². The van der Waals surface area contributed by atoms with Crippen molar-refractivity contribution in [2.24, 2.45) is 5.92 Å². The zero-order valence-electron chi connectivity index (χ0n) is 11.3. The van der Waals surface area contributed by atoms with Gasteiger partial charge in [0.1, 0.15) is 0 Å². The van der Waals surface area contributed by atoms with E-state index in [0.717, 1.165) is 12.8 Å². The lowest BCUT2D eigenvalue weighted by molar-refractivity contribution is 0.0204. The first-order valence-electron chi connectivity index (χ1n) is 6.65. The number of rotatable bonds is 8. The predicted octanol–water partition coefficient (Wildman–Crippen LogP) is 1.18. The minimum atomic E-state index is -0.424. The van der Waals surface area contributed by atoms with Gasteiger partial charge in [-0.3, -0.25) is 0 Å². The lowest BCUT2D eigenvalue weighted by Crippen LogP contribution is -2.42. The molecule has 4 heteroatoms. The van der Waals surface area contributed by atoms with Crippen molar-refractivity contribution in [3.63, 3.8) is 0 Å². The first-order chi connectivity index (χ1) is 8.13. The molecule has 0 aromatic rings. The highest BCUT2D eigenvalue weighted by molar-refractivity contribution is 4.84. The number of ether oxygens (including phenoxy) is 2. The van der Waals surface area contributed by atoms with Crippen molar-refractivity contribution in [2.45, 2.75) is 51.4 Å². The molecule has 0 aromatic carbocycles. The van der Waals surface area contributed by atoms with E-state index in [4.69, 9.17) is 9.47 Å². The maximum absolute atomic E-state index is 9.75. The van der Waals surface area contributed by atoms with Crippen LogP contribution in [0.1, 0.15) is 33.1 Å². The zero-order chi connectivity index (χ0) is 12.7. The van der Waals surface area contributed by atoms with Gasteiger partial charge in [-0.1, -0.05) is 13.8 Å². The van der Waals surface area contributed by atoms with Crippen molar-refractivity contribution in [1.29, 1.82) is 0 Å². The van der Waals surface area contributed by atoms with Crippen molar-refractivity contribution < 1.29 is 14.6 Å². The van der Waals surface area contributed by atoms with Gasteiger partial charge in [-0.05, 0) is 25.2 Å². The van der Waals surface area contributed by atoms with Crippen LogP contribution in [0.2, 0.25) is 0 Å². The van der Waals surface area contributed by atoms with E-state index in [2.05, 4.69) is 19.2 Å². The molecule has 1 rings (SSSR count). The molecular weight excluding hydrogens is 218 g/mol. The minimum absolute atomic E-state index is 0.304. The fraction of sp³-hybridized carbons (Fsp3) is 1.00. The molecule has 1 fully saturated rings. The van der Waals surface area contributed by atoms with E-state index < -0.39 is 6.10 Å². The molecule has 102 valence electrons. The molecule has 17 heavy (non-hydrogen) atoms. The first-order valence-corrected chi connectivity index (χ1v) is 6.65. The van der Waals surface area contributed by atoms with Crippen molar-refractivity contribution in [2.75, 3.05) is 26.9 Å². The third-order valence-corrected chi connectivity index (χ3v) is 3.13. The highest BCUT2D eigenvalue weighted by Gasteiger charge is 2.26. The van der Waals surface area contributed by atoms with Crippen LogP contribution in [-0.4, -0.2) is 50.2 Å². The van der Waals surface area contributed by atoms with Crippen molar-refractivity contribution in [3.8, 4) is 0 Å². The van der Waals surface area contributed by atoms with E-state index in [1.807, 2.05) is 0 Å². The average Bonchev–Trinajstić information content (AvgIpc) is 2.73. The molecule has 4 nitrogen and oxygen atoms in total. The Balaban J connectivity index is 2.08. The van der Waals surface area contributed by atoms with Crippen LogP contribution in [0.15, 0.2) is 0 Å². The van der Waals surface area contributed by atoms with Crippen LogP contribution < -0.4 is 5.32 Å². The van der Waals surface area contributed by atoms with E-state index in [0.29, 0.717) is 37.8 Å². The number of aliphatic hydroxyl groups is 1. The molecule has 0 amide bonds. The van der Waals surface area contributed by atoms with Crippen LogP contribution in [0.5, 0.6) is 0 Å². The number of aliphatic hydroxyl groups excluding tert-OH is 1. The molecule has 1 aliphatic rings. The standard InChI is InChI=1S/C13H27NO3/c1-10(2)8-17-9-11(15)7-14-12-5-4-6-13(12)16-3/h10-15H,4-9H2,1-3H3. The van der Waals surface area contributed by atoms with E-state index in [1.165, 1.54) is 6.42 Å². The third-order valence-electron chi connectivity index (χ3n) is 3.13. The van der Waals surface area contributed by atoms with Crippen molar-refractivity contribution >= 4 is 0 Å². The van der Waals surface area contributed by atoms with Gasteiger partial charge in [0.25, 0.3) is 0 Å². The van der Waals surface area contributed by atoms with Crippen LogP contribution in [0.4, 0.5) is 0 Å². The SMILES string of the molecule is COC1CCCC1NCC(O)COCC(C)C. The summed E-state index contributed by atoms with van der Waals surface area (Å²) in [6.45, 7) is 5.91. The maximum atomic E-state index is 9.75. The molecule has 0 radical (unpaired) electrons. The van der Waals surface area contributed by atoms with E-state index in [9.17, 15) is 5.11 Å². The maximum Gasteiger partial charge on any atom is 0.0897 e. The van der Waals surface area contributed by atoms with Gasteiger partial charge in [0.15, 0.2) is 0 Å². The largest absolute Gasteiger partial charge is 0.389 e. The summed E-state index contributed by atoms with van der Waals surface area (Å²) in [5, 5.41) is 13.1. The smallest absolute Gasteiger partial charge is 0.0897 e. The number of hydrogen-bond acceptors (Lipinski definition) is 4. The molecule has 3 unspecified atom stereocenters. The van der Waals surface area contributed by atoms with Gasteiger partial charge in [0.05, 0.1) is 18.8 Å². The Bertz CT molecular complexity index is 199. The van der Waals surface area contributed by atoms with Crippen LogP contribution in [0.3, 0.4) is 0 Å². The number of methoxy groups -OCH3 is 1. The van der Waals surface area contributed by atoms with Gasteiger partial charge >= 0.3 is 0 Å². The lowest BCUT2D eigenvalue weighted by atomic mass is 10.2. The number of hydrogen-bond donors (Lipinski definition) is 2. The minimum Gasteiger partial charge on any atom is -0.389 e. The summed E-state index contributed by atoms with van der Waals surface area (Å²) < 4.78 is 10.8. The summed E-state index contributed by atoms with van der Waals surface area (Å²) in [4.78, 5) is 0. The molecule has 0 aliphatic heterocycles. The topological polar surface area (TPSA) is 50.7 Å². The third kappa shape index (κ3) is 5.82. The predicted molar refractivity (Wildman–Crippen MR) is 68.1 cm³/mol. The summed E-state index contributed by atoms with van der Waals surface area (Å²) in [5.41, 5.74) is 0. The van der Waals surface area contributed by atoms with Gasteiger partial charge in [0, 0.05) is 26.3 Å². The van der Waals surface area contributed by atoms with Crippen LogP contribution in [0, 0.1) is 5.92 Å². The number of nitrogens with one attached hydrogen (secondary N) is 1. The quantitative estimate of drug-likeness (QED) is 0.674. The highest BCUT2D eigenvalue weighted by Crippen LogP contribution is 2.21. The molecule has 1 aliphatic carbocycles. The Morgan fingerprint density at radius 2 is 2.06 bits per heavy atom. The molecule has 1 saturated carbocycles. The molecule has 2 N–H and O–H groups in total. The summed E-state index contributed by atoms with van der Waals surface area (Å²) in [5.74, 6) is 0.517. The molecule has 0 spiro atoms. The summed E-state index contributed by atoms with van der Waals surface area (Å²) in [6, 6.07) is 0.389. The fourth-order valence-electron chi connectivity index (χ4n) is 2.23. The Kier molecular flexibility index (Phi) is 7.04. The zero-order valence-corrected chi connectivity index (χ0v) is 11.3. The Hall–Kier alpha value is -0.160. The molecule has 0 bridgehead atoms. The molecule has 0 saturated heterocycles. The highest BCUT2D eigenvalue weighted by atomic mass is 16.5. The Morgan fingerprint density at radius 1 is 1.29 bits per heavy atom. The molecule has 0 aromatic heterocycles. The van der Waals surface area contributed by atoms with Gasteiger partial charge in [0.2, 0.25) is 0 Å². The first kappa shape index (κ1) is 14.9. The summed E-state index contributed by atoms with van der Waals surface area (Å²) >= 11 is 0. The van der Waals surface area contributed by atoms with E-state index >= 15 is 0 Å².